The fraction of sp³-hybridized carbons (Fsp3) is 0.421. The van der Waals surface area contributed by atoms with Gasteiger partial charge in [0.25, 0.3) is 5.91 Å². The first-order valence-corrected chi connectivity index (χ1v) is 8.72. The Hall–Kier alpha value is -2.63. The third-order valence-corrected chi connectivity index (χ3v) is 4.51. The third-order valence-electron chi connectivity index (χ3n) is 4.51. The first kappa shape index (κ1) is 17.2. The lowest BCUT2D eigenvalue weighted by atomic mass is 10.1. The molecule has 6 nitrogen and oxygen atoms in total. The summed E-state index contributed by atoms with van der Waals surface area (Å²) in [5.74, 6) is -0.827. The van der Waals surface area contributed by atoms with E-state index in [0.29, 0.717) is 24.0 Å². The third kappa shape index (κ3) is 4.26. The van der Waals surface area contributed by atoms with Crippen LogP contribution in [0.25, 0.3) is 10.9 Å². The molecule has 0 bridgehead atoms. The predicted molar refractivity (Wildman–Crippen MR) is 94.5 cm³/mol. The number of benzene rings is 1. The van der Waals surface area contributed by atoms with E-state index in [1.165, 1.54) is 12.5 Å². The molecule has 0 saturated carbocycles. The molecular formula is C19H22N2O4. The standard InChI is InChI=1S/C19H22N2O4/c22-17-12-15(14-8-4-5-9-16(14)20-17)19(24)25-13-18(23)21-10-6-2-1-3-7-11-21/h4-5,8-9,12H,1-3,6-7,10-11,13H2,(H,20,22). The largest absolute Gasteiger partial charge is 0.452 e. The van der Waals surface area contributed by atoms with Gasteiger partial charge in [-0.15, -0.1) is 0 Å². The van der Waals surface area contributed by atoms with Crippen LogP contribution in [0.1, 0.15) is 42.5 Å². The highest BCUT2D eigenvalue weighted by atomic mass is 16.5. The monoisotopic (exact) mass is 342 g/mol. The minimum absolute atomic E-state index is 0.176. The molecule has 0 spiro atoms. The predicted octanol–water partition coefficient (Wildman–Crippen LogP) is 2.48. The number of nitrogens with one attached hydrogen (secondary N) is 1. The molecule has 0 radical (unpaired) electrons. The van der Waals surface area contributed by atoms with Crippen molar-refractivity contribution in [2.45, 2.75) is 32.1 Å². The topological polar surface area (TPSA) is 79.5 Å². The second kappa shape index (κ2) is 7.96. The Labute approximate surface area is 145 Å². The zero-order valence-electron chi connectivity index (χ0n) is 14.1. The van der Waals surface area contributed by atoms with Crippen LogP contribution in [-0.2, 0) is 9.53 Å². The molecule has 1 aliphatic rings. The number of pyridine rings is 1. The van der Waals surface area contributed by atoms with E-state index in [9.17, 15) is 14.4 Å². The number of aromatic amines is 1. The van der Waals surface area contributed by atoms with Crippen LogP contribution in [0.3, 0.4) is 0 Å². The Kier molecular flexibility index (Phi) is 5.48. The second-order valence-electron chi connectivity index (χ2n) is 6.32. The molecule has 1 aromatic carbocycles. The molecule has 25 heavy (non-hydrogen) atoms. The summed E-state index contributed by atoms with van der Waals surface area (Å²) < 4.78 is 5.20. The molecular weight excluding hydrogens is 320 g/mol. The Bertz CT molecular complexity index is 820. The van der Waals surface area contributed by atoms with Gasteiger partial charge in [0.05, 0.1) is 5.56 Å². The number of aromatic nitrogens is 1. The quantitative estimate of drug-likeness (QED) is 0.869. The van der Waals surface area contributed by atoms with Crippen LogP contribution in [0.5, 0.6) is 0 Å². The first-order valence-electron chi connectivity index (χ1n) is 8.72. The van der Waals surface area contributed by atoms with Crippen molar-refractivity contribution in [3.05, 3.63) is 46.2 Å². The van der Waals surface area contributed by atoms with Crippen molar-refractivity contribution in [1.29, 1.82) is 0 Å². The SMILES string of the molecule is O=C(OCC(=O)N1CCCCCCC1)c1cc(=O)[nH]c2ccccc12. The van der Waals surface area contributed by atoms with Gasteiger partial charge in [0.1, 0.15) is 0 Å². The number of esters is 1. The van der Waals surface area contributed by atoms with E-state index in [1.807, 2.05) is 0 Å². The lowest BCUT2D eigenvalue weighted by molar-refractivity contribution is -0.134. The molecule has 1 aliphatic heterocycles. The maximum absolute atomic E-state index is 12.4. The summed E-state index contributed by atoms with van der Waals surface area (Å²) in [5, 5.41) is 0.603. The average molecular weight is 342 g/mol. The van der Waals surface area contributed by atoms with Crippen LogP contribution in [0, 0.1) is 0 Å². The van der Waals surface area contributed by atoms with Crippen LogP contribution in [-0.4, -0.2) is 41.5 Å². The highest BCUT2D eigenvalue weighted by molar-refractivity contribution is 6.03. The maximum Gasteiger partial charge on any atom is 0.339 e. The number of likely N-dealkylation sites (tertiary alicyclic amines) is 1. The molecule has 132 valence electrons. The van der Waals surface area contributed by atoms with Crippen LogP contribution in [0.15, 0.2) is 35.1 Å². The summed E-state index contributed by atoms with van der Waals surface area (Å²) >= 11 is 0. The van der Waals surface area contributed by atoms with E-state index < -0.39 is 5.97 Å². The van der Waals surface area contributed by atoms with Gasteiger partial charge in [-0.2, -0.15) is 0 Å². The number of fused-ring (bicyclic) bond motifs is 1. The normalized spacial score (nSPS) is 15.4. The molecule has 3 rings (SSSR count). The molecule has 1 N–H and O–H groups in total. The molecule has 1 fully saturated rings. The molecule has 2 aromatic rings. The van der Waals surface area contributed by atoms with Crippen molar-refractivity contribution in [3.63, 3.8) is 0 Å². The Morgan fingerprint density at radius 1 is 1.04 bits per heavy atom. The Morgan fingerprint density at radius 2 is 1.72 bits per heavy atom. The van der Waals surface area contributed by atoms with Gasteiger partial charge in [0, 0.05) is 30.1 Å². The number of carbonyl (C=O) groups excluding carboxylic acids is 2. The smallest absolute Gasteiger partial charge is 0.339 e. The van der Waals surface area contributed by atoms with Crippen molar-refractivity contribution in [3.8, 4) is 0 Å². The molecule has 1 amide bonds. The van der Waals surface area contributed by atoms with Gasteiger partial charge in [0.2, 0.25) is 5.56 Å². The van der Waals surface area contributed by atoms with Crippen molar-refractivity contribution in [2.75, 3.05) is 19.7 Å². The number of carbonyl (C=O) groups is 2. The van der Waals surface area contributed by atoms with Gasteiger partial charge in [-0.1, -0.05) is 37.5 Å². The summed E-state index contributed by atoms with van der Waals surface area (Å²) in [6.07, 6.45) is 5.44. The van der Waals surface area contributed by atoms with E-state index in [2.05, 4.69) is 4.98 Å². The number of rotatable bonds is 3. The number of nitrogens with zero attached hydrogens (tertiary/aromatic N) is 1. The molecule has 6 heteroatoms. The Balaban J connectivity index is 1.68. The molecule has 1 saturated heterocycles. The molecule has 0 aliphatic carbocycles. The zero-order valence-corrected chi connectivity index (χ0v) is 14.1. The van der Waals surface area contributed by atoms with Gasteiger partial charge in [-0.05, 0) is 18.9 Å². The molecule has 0 atom stereocenters. The van der Waals surface area contributed by atoms with E-state index in [1.54, 1.807) is 29.2 Å². The number of para-hydroxylation sites is 1. The summed E-state index contributed by atoms with van der Waals surface area (Å²) in [6, 6.07) is 8.23. The van der Waals surface area contributed by atoms with Gasteiger partial charge >= 0.3 is 5.97 Å². The van der Waals surface area contributed by atoms with Gasteiger partial charge in [-0.25, -0.2) is 4.79 Å². The van der Waals surface area contributed by atoms with Gasteiger partial charge in [0.15, 0.2) is 6.61 Å². The van der Waals surface area contributed by atoms with Crippen molar-refractivity contribution >= 4 is 22.8 Å². The molecule has 1 aromatic heterocycles. The molecule has 2 heterocycles. The van der Waals surface area contributed by atoms with E-state index in [-0.39, 0.29) is 23.6 Å². The number of hydrogen-bond donors (Lipinski definition) is 1. The van der Waals surface area contributed by atoms with Crippen LogP contribution >= 0.6 is 0 Å². The van der Waals surface area contributed by atoms with E-state index >= 15 is 0 Å². The maximum atomic E-state index is 12.4. The number of hydrogen-bond acceptors (Lipinski definition) is 4. The van der Waals surface area contributed by atoms with Crippen molar-refractivity contribution in [1.82, 2.24) is 9.88 Å². The summed E-state index contributed by atoms with van der Waals surface area (Å²) in [6.45, 7) is 1.13. The minimum atomic E-state index is -0.650. The van der Waals surface area contributed by atoms with Crippen molar-refractivity contribution in [2.24, 2.45) is 0 Å². The van der Waals surface area contributed by atoms with E-state index in [4.69, 9.17) is 4.74 Å². The zero-order chi connectivity index (χ0) is 17.6. The van der Waals surface area contributed by atoms with Crippen LogP contribution in [0.2, 0.25) is 0 Å². The summed E-state index contributed by atoms with van der Waals surface area (Å²) in [7, 11) is 0. The van der Waals surface area contributed by atoms with Crippen molar-refractivity contribution < 1.29 is 14.3 Å². The number of amides is 1. The summed E-state index contributed by atoms with van der Waals surface area (Å²) in [5.41, 5.74) is 0.373. The average Bonchev–Trinajstić information content (AvgIpc) is 2.58. The minimum Gasteiger partial charge on any atom is -0.452 e. The lowest BCUT2D eigenvalue weighted by Gasteiger charge is -2.24. The van der Waals surface area contributed by atoms with E-state index in [0.717, 1.165) is 25.7 Å². The summed E-state index contributed by atoms with van der Waals surface area (Å²) in [4.78, 5) is 40.9. The lowest BCUT2D eigenvalue weighted by Crippen LogP contribution is -2.37. The second-order valence-corrected chi connectivity index (χ2v) is 6.32. The first-order chi connectivity index (χ1) is 12.1. The van der Waals surface area contributed by atoms with Gasteiger partial charge in [-0.3, -0.25) is 9.59 Å². The van der Waals surface area contributed by atoms with Crippen LogP contribution in [0.4, 0.5) is 0 Å². The molecule has 0 unspecified atom stereocenters. The highest BCUT2D eigenvalue weighted by Gasteiger charge is 2.18. The fourth-order valence-corrected chi connectivity index (χ4v) is 3.17. The number of H-pyrrole nitrogens is 1. The Morgan fingerprint density at radius 3 is 2.48 bits per heavy atom. The van der Waals surface area contributed by atoms with Gasteiger partial charge < -0.3 is 14.6 Å². The fourth-order valence-electron chi connectivity index (χ4n) is 3.17. The highest BCUT2D eigenvalue weighted by Crippen LogP contribution is 2.16. The van der Waals surface area contributed by atoms with Crippen LogP contribution < -0.4 is 5.56 Å². The number of ether oxygens (including phenoxy) is 1.